The Bertz CT molecular complexity index is 1050. The summed E-state index contributed by atoms with van der Waals surface area (Å²) in [6.45, 7) is 0. The van der Waals surface area contributed by atoms with Crippen molar-refractivity contribution in [2.75, 3.05) is 26.6 Å². The minimum atomic E-state index is -0.560. The van der Waals surface area contributed by atoms with Crippen LogP contribution in [-0.2, 0) is 9.53 Å². The largest absolute Gasteiger partial charge is 0.493 e. The maximum atomic E-state index is 12.4. The van der Waals surface area contributed by atoms with Gasteiger partial charge in [-0.2, -0.15) is 0 Å². The number of carbonyl (C=O) groups excluding carboxylic acids is 2. The van der Waals surface area contributed by atoms with Gasteiger partial charge in [-0.3, -0.25) is 4.79 Å². The number of amides is 1. The predicted octanol–water partition coefficient (Wildman–Crippen LogP) is 3.62. The Balaban J connectivity index is 1.85. The minimum Gasteiger partial charge on any atom is -0.493 e. The molecule has 1 amide bonds. The average Bonchev–Trinajstić information content (AvgIpc) is 3.09. The molecule has 7 heteroatoms. The molecule has 0 bridgehead atoms. The number of aromatic amines is 1. The number of hydrogen-bond acceptors (Lipinski definition) is 5. The number of nitrogens with one attached hydrogen (secondary N) is 2. The van der Waals surface area contributed by atoms with E-state index in [1.165, 1.54) is 13.2 Å². The van der Waals surface area contributed by atoms with Crippen molar-refractivity contribution in [1.82, 2.24) is 4.98 Å². The van der Waals surface area contributed by atoms with Gasteiger partial charge in [0.1, 0.15) is 5.69 Å². The van der Waals surface area contributed by atoms with Crippen molar-refractivity contribution in [2.24, 2.45) is 0 Å². The first-order valence-electron chi connectivity index (χ1n) is 8.47. The summed E-state index contributed by atoms with van der Waals surface area (Å²) in [6, 6.07) is 12.6. The van der Waals surface area contributed by atoms with Gasteiger partial charge in [-0.15, -0.1) is 0 Å². The molecule has 28 heavy (non-hydrogen) atoms. The van der Waals surface area contributed by atoms with Gasteiger partial charge in [0.15, 0.2) is 11.5 Å². The Morgan fingerprint density at radius 1 is 1.00 bits per heavy atom. The second kappa shape index (κ2) is 8.30. The number of esters is 1. The number of H-pyrrole nitrogens is 1. The summed E-state index contributed by atoms with van der Waals surface area (Å²) in [4.78, 5) is 27.5. The molecule has 1 aromatic heterocycles. The van der Waals surface area contributed by atoms with E-state index < -0.39 is 5.97 Å². The number of aromatic nitrogens is 1. The normalized spacial score (nSPS) is 10.8. The maximum Gasteiger partial charge on any atom is 0.356 e. The highest BCUT2D eigenvalue weighted by Gasteiger charge is 2.19. The number of rotatable bonds is 6. The molecule has 3 aromatic rings. The lowest BCUT2D eigenvalue weighted by atomic mass is 10.2. The molecule has 0 aliphatic heterocycles. The molecule has 2 aromatic carbocycles. The van der Waals surface area contributed by atoms with E-state index in [1.54, 1.807) is 38.5 Å². The molecular weight excluding hydrogens is 360 g/mol. The fraction of sp³-hybridized carbons (Fsp3) is 0.143. The van der Waals surface area contributed by atoms with Crippen LogP contribution in [0.4, 0.5) is 5.69 Å². The monoisotopic (exact) mass is 380 g/mol. The van der Waals surface area contributed by atoms with Crippen LogP contribution >= 0.6 is 0 Å². The van der Waals surface area contributed by atoms with Gasteiger partial charge in [0.05, 0.1) is 27.0 Å². The molecule has 7 nitrogen and oxygen atoms in total. The number of ether oxygens (including phenoxy) is 3. The molecule has 0 saturated carbocycles. The Hall–Kier alpha value is -3.74. The lowest BCUT2D eigenvalue weighted by Crippen LogP contribution is -2.12. The van der Waals surface area contributed by atoms with Gasteiger partial charge < -0.3 is 24.5 Å². The topological polar surface area (TPSA) is 89.7 Å². The molecule has 0 aliphatic rings. The molecule has 0 unspecified atom stereocenters. The Kier molecular flexibility index (Phi) is 5.64. The van der Waals surface area contributed by atoms with Crippen LogP contribution in [0.3, 0.4) is 0 Å². The smallest absolute Gasteiger partial charge is 0.356 e. The SMILES string of the molecule is COC(=O)c1[nH]c2ccccc2c1NC(=O)/C=C/c1ccc(OC)c(OC)c1. The summed E-state index contributed by atoms with van der Waals surface area (Å²) in [6.07, 6.45) is 3.02. The summed E-state index contributed by atoms with van der Waals surface area (Å²) in [7, 11) is 4.39. The van der Waals surface area contributed by atoms with Crippen molar-refractivity contribution in [3.63, 3.8) is 0 Å². The third-order valence-corrected chi connectivity index (χ3v) is 4.18. The summed E-state index contributed by atoms with van der Waals surface area (Å²) < 4.78 is 15.3. The summed E-state index contributed by atoms with van der Waals surface area (Å²) in [5, 5.41) is 3.47. The second-order valence-electron chi connectivity index (χ2n) is 5.85. The standard InChI is InChI=1S/C21H20N2O5/c1-26-16-10-8-13(12-17(16)27-2)9-11-18(24)23-19-14-6-4-5-7-15(14)22-20(19)21(25)28-3/h4-12,22H,1-3H3,(H,23,24)/b11-9+. The maximum absolute atomic E-state index is 12.4. The van der Waals surface area contributed by atoms with E-state index in [2.05, 4.69) is 10.3 Å². The highest BCUT2D eigenvalue weighted by molar-refractivity contribution is 6.13. The molecule has 144 valence electrons. The van der Waals surface area contributed by atoms with Gasteiger partial charge in [0, 0.05) is 17.0 Å². The average molecular weight is 380 g/mol. The first-order chi connectivity index (χ1) is 13.6. The zero-order valence-corrected chi connectivity index (χ0v) is 15.7. The van der Waals surface area contributed by atoms with Crippen LogP contribution in [0.25, 0.3) is 17.0 Å². The summed E-state index contributed by atoms with van der Waals surface area (Å²) in [5.41, 5.74) is 2.06. The molecule has 0 atom stereocenters. The van der Waals surface area contributed by atoms with E-state index in [1.807, 2.05) is 24.3 Å². The van der Waals surface area contributed by atoms with E-state index in [0.29, 0.717) is 17.2 Å². The molecule has 0 spiro atoms. The molecule has 0 radical (unpaired) electrons. The zero-order valence-electron chi connectivity index (χ0n) is 15.7. The van der Waals surface area contributed by atoms with E-state index in [4.69, 9.17) is 14.2 Å². The van der Waals surface area contributed by atoms with E-state index in [9.17, 15) is 9.59 Å². The lowest BCUT2D eigenvalue weighted by molar-refractivity contribution is -0.111. The number of para-hydroxylation sites is 1. The van der Waals surface area contributed by atoms with Crippen molar-refractivity contribution in [3.05, 3.63) is 59.8 Å². The van der Waals surface area contributed by atoms with Crippen molar-refractivity contribution in [3.8, 4) is 11.5 Å². The second-order valence-corrected chi connectivity index (χ2v) is 5.85. The van der Waals surface area contributed by atoms with Crippen molar-refractivity contribution >= 4 is 34.5 Å². The molecule has 0 fully saturated rings. The molecule has 3 rings (SSSR count). The van der Waals surface area contributed by atoms with Gasteiger partial charge >= 0.3 is 5.97 Å². The van der Waals surface area contributed by atoms with Crippen molar-refractivity contribution in [2.45, 2.75) is 0 Å². The highest BCUT2D eigenvalue weighted by Crippen LogP contribution is 2.29. The number of benzene rings is 2. The van der Waals surface area contributed by atoms with E-state index in [0.717, 1.165) is 16.5 Å². The van der Waals surface area contributed by atoms with E-state index >= 15 is 0 Å². The molecule has 2 N–H and O–H groups in total. The van der Waals surface area contributed by atoms with Crippen LogP contribution in [-0.4, -0.2) is 38.2 Å². The fourth-order valence-corrected chi connectivity index (χ4v) is 2.82. The number of fused-ring (bicyclic) bond motifs is 1. The van der Waals surface area contributed by atoms with Crippen molar-refractivity contribution in [1.29, 1.82) is 0 Å². The minimum absolute atomic E-state index is 0.191. The van der Waals surface area contributed by atoms with Crippen LogP contribution in [0.5, 0.6) is 11.5 Å². The fourth-order valence-electron chi connectivity index (χ4n) is 2.82. The Morgan fingerprint density at radius 2 is 1.75 bits per heavy atom. The molecule has 1 heterocycles. The number of methoxy groups -OCH3 is 3. The molecule has 0 saturated heterocycles. The molecular formula is C21H20N2O5. The van der Waals surface area contributed by atoms with Crippen LogP contribution in [0.15, 0.2) is 48.5 Å². The third-order valence-electron chi connectivity index (χ3n) is 4.18. The Morgan fingerprint density at radius 3 is 2.46 bits per heavy atom. The predicted molar refractivity (Wildman–Crippen MR) is 107 cm³/mol. The summed E-state index contributed by atoms with van der Waals surface area (Å²) in [5.74, 6) is 0.223. The van der Waals surface area contributed by atoms with Gasteiger partial charge in [0.25, 0.3) is 0 Å². The van der Waals surface area contributed by atoms with Crippen LogP contribution in [0, 0.1) is 0 Å². The quantitative estimate of drug-likeness (QED) is 0.504. The summed E-state index contributed by atoms with van der Waals surface area (Å²) >= 11 is 0. The number of carbonyl (C=O) groups is 2. The zero-order chi connectivity index (χ0) is 20.1. The van der Waals surface area contributed by atoms with Gasteiger partial charge in [0.2, 0.25) is 5.91 Å². The number of hydrogen-bond donors (Lipinski definition) is 2. The Labute approximate surface area is 161 Å². The van der Waals surface area contributed by atoms with Crippen LogP contribution in [0.1, 0.15) is 16.1 Å². The van der Waals surface area contributed by atoms with Gasteiger partial charge in [-0.05, 0) is 29.8 Å². The van der Waals surface area contributed by atoms with Crippen LogP contribution < -0.4 is 14.8 Å². The van der Waals surface area contributed by atoms with Crippen LogP contribution in [0.2, 0.25) is 0 Å². The molecule has 0 aliphatic carbocycles. The lowest BCUT2D eigenvalue weighted by Gasteiger charge is -2.07. The van der Waals surface area contributed by atoms with E-state index in [-0.39, 0.29) is 11.6 Å². The number of anilines is 1. The first kappa shape index (κ1) is 19.0. The van der Waals surface area contributed by atoms with Crippen molar-refractivity contribution < 1.29 is 23.8 Å². The highest BCUT2D eigenvalue weighted by atomic mass is 16.5. The van der Waals surface area contributed by atoms with Gasteiger partial charge in [-0.25, -0.2) is 4.79 Å². The van der Waals surface area contributed by atoms with Gasteiger partial charge in [-0.1, -0.05) is 24.3 Å². The third kappa shape index (κ3) is 3.83. The first-order valence-corrected chi connectivity index (χ1v) is 8.47.